The Balaban J connectivity index is 1.62. The van der Waals surface area contributed by atoms with Crippen LogP contribution in [0.3, 0.4) is 0 Å². The highest BCUT2D eigenvalue weighted by atomic mass is 32.2. The summed E-state index contributed by atoms with van der Waals surface area (Å²) in [7, 11) is 0. The van der Waals surface area contributed by atoms with E-state index in [9.17, 15) is 19.2 Å². The fraction of sp³-hybridized carbons (Fsp3) is 0.200. The molecule has 1 aliphatic rings. The number of carbonyl (C=O) groups excluding carboxylic acids is 4. The van der Waals surface area contributed by atoms with E-state index in [1.165, 1.54) is 0 Å². The predicted molar refractivity (Wildman–Crippen MR) is 107 cm³/mol. The van der Waals surface area contributed by atoms with Crippen molar-refractivity contribution in [2.75, 3.05) is 24.2 Å². The Morgan fingerprint density at radius 3 is 2.46 bits per heavy atom. The topological polar surface area (TPSA) is 95.6 Å². The van der Waals surface area contributed by atoms with Gasteiger partial charge in [-0.25, -0.2) is 0 Å². The Morgan fingerprint density at radius 2 is 1.79 bits per heavy atom. The third-order valence-electron chi connectivity index (χ3n) is 4.25. The number of rotatable bonds is 6. The van der Waals surface area contributed by atoms with E-state index >= 15 is 0 Å². The van der Waals surface area contributed by atoms with Gasteiger partial charge in [0.1, 0.15) is 0 Å². The molecule has 28 heavy (non-hydrogen) atoms. The standard InChI is InChI=1S/C20H19N3O4S/c1-13-7-8-15(11-16(13)22-19(26)14-5-3-2-4-6-14)18(25)21-9-10-23-17(24)12-28-20(23)27/h2-8,11H,9-10,12H2,1H3,(H,21,25)(H,22,26). The number of thioether (sulfide) groups is 1. The summed E-state index contributed by atoms with van der Waals surface area (Å²) in [5.41, 5.74) is 2.27. The van der Waals surface area contributed by atoms with E-state index in [0.717, 1.165) is 22.2 Å². The molecule has 2 aromatic carbocycles. The summed E-state index contributed by atoms with van der Waals surface area (Å²) in [6.07, 6.45) is 0. The van der Waals surface area contributed by atoms with Crippen LogP contribution < -0.4 is 10.6 Å². The van der Waals surface area contributed by atoms with Crippen LogP contribution in [0, 0.1) is 6.92 Å². The van der Waals surface area contributed by atoms with Crippen molar-refractivity contribution in [3.05, 3.63) is 65.2 Å². The van der Waals surface area contributed by atoms with E-state index in [1.807, 2.05) is 13.0 Å². The highest BCUT2D eigenvalue weighted by molar-refractivity contribution is 8.14. The zero-order valence-electron chi connectivity index (χ0n) is 15.2. The first-order chi connectivity index (χ1) is 13.5. The largest absolute Gasteiger partial charge is 0.350 e. The number of hydrogen-bond donors (Lipinski definition) is 2. The summed E-state index contributed by atoms with van der Waals surface area (Å²) in [6, 6.07) is 13.8. The van der Waals surface area contributed by atoms with E-state index in [1.54, 1.807) is 42.5 Å². The second-order valence-corrected chi connectivity index (χ2v) is 7.13. The minimum atomic E-state index is -0.345. The summed E-state index contributed by atoms with van der Waals surface area (Å²) in [6.45, 7) is 2.14. The van der Waals surface area contributed by atoms with Gasteiger partial charge in [-0.2, -0.15) is 0 Å². The van der Waals surface area contributed by atoms with Gasteiger partial charge in [-0.3, -0.25) is 24.1 Å². The molecule has 3 rings (SSSR count). The second kappa shape index (κ2) is 8.71. The van der Waals surface area contributed by atoms with Crippen LogP contribution in [0.15, 0.2) is 48.5 Å². The predicted octanol–water partition coefficient (Wildman–Crippen LogP) is 2.67. The minimum Gasteiger partial charge on any atom is -0.350 e. The molecule has 144 valence electrons. The number of amides is 4. The fourth-order valence-corrected chi connectivity index (χ4v) is 3.41. The third kappa shape index (κ3) is 4.58. The summed E-state index contributed by atoms with van der Waals surface area (Å²) in [5, 5.41) is 5.22. The molecule has 0 spiro atoms. The molecule has 4 amide bonds. The van der Waals surface area contributed by atoms with E-state index in [0.29, 0.717) is 16.8 Å². The van der Waals surface area contributed by atoms with Gasteiger partial charge in [0.05, 0.1) is 5.75 Å². The highest BCUT2D eigenvalue weighted by Crippen LogP contribution is 2.19. The SMILES string of the molecule is Cc1ccc(C(=O)NCCN2C(=O)CSC2=O)cc1NC(=O)c1ccccc1. The van der Waals surface area contributed by atoms with Gasteiger partial charge in [0.25, 0.3) is 17.1 Å². The minimum absolute atomic E-state index is 0.139. The van der Waals surface area contributed by atoms with Crippen molar-refractivity contribution in [1.29, 1.82) is 0 Å². The van der Waals surface area contributed by atoms with Crippen LogP contribution in [0.25, 0.3) is 0 Å². The van der Waals surface area contributed by atoms with Crippen molar-refractivity contribution in [3.8, 4) is 0 Å². The number of anilines is 1. The van der Waals surface area contributed by atoms with Gasteiger partial charge in [-0.05, 0) is 36.8 Å². The maximum absolute atomic E-state index is 12.4. The van der Waals surface area contributed by atoms with Crippen LogP contribution in [0.5, 0.6) is 0 Å². The first-order valence-electron chi connectivity index (χ1n) is 8.68. The Morgan fingerprint density at radius 1 is 1.04 bits per heavy atom. The monoisotopic (exact) mass is 397 g/mol. The fourth-order valence-electron chi connectivity index (χ4n) is 2.66. The lowest BCUT2D eigenvalue weighted by atomic mass is 10.1. The van der Waals surface area contributed by atoms with E-state index in [-0.39, 0.29) is 41.8 Å². The molecule has 0 bridgehead atoms. The molecule has 7 nitrogen and oxygen atoms in total. The van der Waals surface area contributed by atoms with Crippen LogP contribution >= 0.6 is 11.8 Å². The second-order valence-electron chi connectivity index (χ2n) is 6.21. The Hall–Kier alpha value is -3.13. The van der Waals surface area contributed by atoms with Gasteiger partial charge in [0, 0.05) is 29.9 Å². The van der Waals surface area contributed by atoms with Gasteiger partial charge >= 0.3 is 0 Å². The van der Waals surface area contributed by atoms with Crippen molar-refractivity contribution >= 4 is 40.4 Å². The van der Waals surface area contributed by atoms with Crippen LogP contribution in [0.1, 0.15) is 26.3 Å². The molecule has 2 N–H and O–H groups in total. The van der Waals surface area contributed by atoms with E-state index in [2.05, 4.69) is 10.6 Å². The quantitative estimate of drug-likeness (QED) is 0.781. The molecule has 1 aliphatic heterocycles. The van der Waals surface area contributed by atoms with Crippen LogP contribution in [-0.4, -0.2) is 46.7 Å². The van der Waals surface area contributed by atoms with Crippen molar-refractivity contribution < 1.29 is 19.2 Å². The zero-order chi connectivity index (χ0) is 20.1. The Kier molecular flexibility index (Phi) is 6.10. The molecule has 0 unspecified atom stereocenters. The zero-order valence-corrected chi connectivity index (χ0v) is 16.0. The molecule has 0 radical (unpaired) electrons. The summed E-state index contributed by atoms with van der Waals surface area (Å²) in [5.74, 6) is -0.702. The van der Waals surface area contributed by atoms with Crippen molar-refractivity contribution in [1.82, 2.24) is 10.2 Å². The summed E-state index contributed by atoms with van der Waals surface area (Å²) >= 11 is 0.961. The molecular weight excluding hydrogens is 378 g/mol. The summed E-state index contributed by atoms with van der Waals surface area (Å²) < 4.78 is 0. The molecule has 1 fully saturated rings. The maximum atomic E-state index is 12.4. The molecule has 0 aromatic heterocycles. The van der Waals surface area contributed by atoms with Crippen LogP contribution in [-0.2, 0) is 4.79 Å². The average Bonchev–Trinajstić information content (AvgIpc) is 3.02. The number of nitrogens with zero attached hydrogens (tertiary/aromatic N) is 1. The van der Waals surface area contributed by atoms with Gasteiger partial charge < -0.3 is 10.6 Å². The van der Waals surface area contributed by atoms with Gasteiger partial charge in [-0.15, -0.1) is 0 Å². The number of carbonyl (C=O) groups is 4. The van der Waals surface area contributed by atoms with Gasteiger partial charge in [0.15, 0.2) is 0 Å². The molecule has 8 heteroatoms. The molecule has 1 saturated heterocycles. The van der Waals surface area contributed by atoms with E-state index < -0.39 is 0 Å². The molecule has 0 aliphatic carbocycles. The first kappa shape index (κ1) is 19.6. The molecular formula is C20H19N3O4S. The molecule has 2 aromatic rings. The molecule has 0 saturated carbocycles. The lowest BCUT2D eigenvalue weighted by Gasteiger charge is -2.14. The van der Waals surface area contributed by atoms with Gasteiger partial charge in [-0.1, -0.05) is 36.0 Å². The van der Waals surface area contributed by atoms with Crippen molar-refractivity contribution in [3.63, 3.8) is 0 Å². The molecule has 0 atom stereocenters. The van der Waals surface area contributed by atoms with Crippen LogP contribution in [0.4, 0.5) is 10.5 Å². The van der Waals surface area contributed by atoms with Gasteiger partial charge in [0.2, 0.25) is 5.91 Å². The molecule has 1 heterocycles. The Labute approximate surface area is 166 Å². The van der Waals surface area contributed by atoms with E-state index in [4.69, 9.17) is 0 Å². The number of hydrogen-bond acceptors (Lipinski definition) is 5. The lowest BCUT2D eigenvalue weighted by molar-refractivity contribution is -0.124. The number of aryl methyl sites for hydroxylation is 1. The Bertz CT molecular complexity index is 914. The lowest BCUT2D eigenvalue weighted by Crippen LogP contribution is -2.37. The van der Waals surface area contributed by atoms with Crippen molar-refractivity contribution in [2.24, 2.45) is 0 Å². The average molecular weight is 397 g/mol. The number of imide groups is 1. The maximum Gasteiger partial charge on any atom is 0.288 e. The summed E-state index contributed by atoms with van der Waals surface area (Å²) in [4.78, 5) is 49.0. The smallest absolute Gasteiger partial charge is 0.288 e. The normalized spacial score (nSPS) is 13.5. The number of nitrogens with one attached hydrogen (secondary N) is 2. The van der Waals surface area contributed by atoms with Crippen LogP contribution in [0.2, 0.25) is 0 Å². The van der Waals surface area contributed by atoms with Crippen molar-refractivity contribution in [2.45, 2.75) is 6.92 Å². The highest BCUT2D eigenvalue weighted by Gasteiger charge is 2.29. The number of benzene rings is 2. The third-order valence-corrected chi connectivity index (χ3v) is 5.10. The first-order valence-corrected chi connectivity index (χ1v) is 9.66.